The van der Waals surface area contributed by atoms with E-state index in [4.69, 9.17) is 0 Å². The molecular weight excluding hydrogens is 396 g/mol. The zero-order valence-corrected chi connectivity index (χ0v) is 17.7. The van der Waals surface area contributed by atoms with Crippen molar-refractivity contribution >= 4 is 22.1 Å². The smallest absolute Gasteiger partial charge is 0.269 e. The van der Waals surface area contributed by atoms with E-state index in [1.807, 2.05) is 12.1 Å². The van der Waals surface area contributed by atoms with E-state index in [-0.39, 0.29) is 16.7 Å². The normalized spacial score (nSPS) is 29.1. The Hall–Kier alpha value is -3.40. The SMILES string of the molecule is O=[N+]([O-])c1cccc([C@H]2[C@H]3CC=C[C@H]3c3c4c(cc5ccccc35)[C@H]3C=CC[C@@H]3CN42)c1. The van der Waals surface area contributed by atoms with Gasteiger partial charge in [0.2, 0.25) is 0 Å². The van der Waals surface area contributed by atoms with E-state index >= 15 is 0 Å². The molecule has 0 unspecified atom stereocenters. The molecule has 0 aromatic heterocycles. The first-order chi connectivity index (χ1) is 15.7. The molecule has 4 heteroatoms. The van der Waals surface area contributed by atoms with Crippen LogP contribution < -0.4 is 4.90 Å². The van der Waals surface area contributed by atoms with E-state index < -0.39 is 0 Å². The van der Waals surface area contributed by atoms with E-state index in [1.54, 1.807) is 6.07 Å². The van der Waals surface area contributed by atoms with Gasteiger partial charge in [0.15, 0.2) is 0 Å². The molecule has 3 aromatic carbocycles. The van der Waals surface area contributed by atoms with Crippen molar-refractivity contribution in [1.29, 1.82) is 0 Å². The first-order valence-electron chi connectivity index (χ1n) is 11.6. The quantitative estimate of drug-likeness (QED) is 0.265. The van der Waals surface area contributed by atoms with Crippen molar-refractivity contribution in [2.75, 3.05) is 11.4 Å². The maximum Gasteiger partial charge on any atom is 0.269 e. The van der Waals surface area contributed by atoms with Crippen LogP contribution in [0.15, 0.2) is 78.9 Å². The average molecular weight is 421 g/mol. The first-order valence-corrected chi connectivity index (χ1v) is 11.6. The van der Waals surface area contributed by atoms with Crippen LogP contribution in [0.2, 0.25) is 0 Å². The van der Waals surface area contributed by atoms with E-state index in [0.29, 0.717) is 23.7 Å². The van der Waals surface area contributed by atoms with Gasteiger partial charge in [-0.15, -0.1) is 0 Å². The Kier molecular flexibility index (Phi) is 3.73. The molecule has 158 valence electrons. The molecule has 4 nitrogen and oxygen atoms in total. The number of anilines is 1. The minimum atomic E-state index is -0.267. The predicted molar refractivity (Wildman–Crippen MR) is 127 cm³/mol. The third-order valence-electron chi connectivity index (χ3n) is 8.17. The Labute approximate surface area is 187 Å². The van der Waals surface area contributed by atoms with E-state index in [1.165, 1.54) is 27.6 Å². The van der Waals surface area contributed by atoms with Crippen molar-refractivity contribution in [3.63, 3.8) is 0 Å². The fraction of sp³-hybridized carbons (Fsp3) is 0.286. The summed E-state index contributed by atoms with van der Waals surface area (Å²) >= 11 is 0. The highest BCUT2D eigenvalue weighted by atomic mass is 16.6. The highest BCUT2D eigenvalue weighted by Crippen LogP contribution is 2.60. The van der Waals surface area contributed by atoms with Crippen molar-refractivity contribution in [3.8, 4) is 0 Å². The van der Waals surface area contributed by atoms with E-state index in [0.717, 1.165) is 24.9 Å². The van der Waals surface area contributed by atoms with Gasteiger partial charge in [-0.1, -0.05) is 60.7 Å². The number of non-ortho nitro benzene ring substituents is 1. The minimum Gasteiger partial charge on any atom is -0.363 e. The number of hydrogen-bond acceptors (Lipinski definition) is 3. The second-order valence-corrected chi connectivity index (χ2v) is 9.70. The van der Waals surface area contributed by atoms with Crippen LogP contribution in [0, 0.1) is 22.0 Å². The molecule has 0 saturated heterocycles. The summed E-state index contributed by atoms with van der Waals surface area (Å²) in [6, 6.07) is 18.7. The Morgan fingerprint density at radius 3 is 2.69 bits per heavy atom. The molecule has 4 aliphatic rings. The molecule has 0 bridgehead atoms. The predicted octanol–water partition coefficient (Wildman–Crippen LogP) is 6.64. The van der Waals surface area contributed by atoms with Crippen LogP contribution in [0.3, 0.4) is 0 Å². The van der Waals surface area contributed by atoms with E-state index in [9.17, 15) is 10.1 Å². The van der Waals surface area contributed by atoms with Crippen molar-refractivity contribution in [3.05, 3.63) is 106 Å². The number of allylic oxidation sites excluding steroid dienone is 4. The average Bonchev–Trinajstić information content (AvgIpc) is 3.48. The molecule has 0 saturated carbocycles. The highest BCUT2D eigenvalue weighted by molar-refractivity contribution is 5.94. The lowest BCUT2D eigenvalue weighted by atomic mass is 9.69. The van der Waals surface area contributed by atoms with Gasteiger partial charge in [-0.25, -0.2) is 0 Å². The Morgan fingerprint density at radius 2 is 1.78 bits per heavy atom. The van der Waals surface area contributed by atoms with Crippen molar-refractivity contribution in [2.45, 2.75) is 30.7 Å². The van der Waals surface area contributed by atoms with Crippen LogP contribution in [0.25, 0.3) is 10.8 Å². The van der Waals surface area contributed by atoms with Crippen LogP contribution in [0.4, 0.5) is 11.4 Å². The molecular formula is C28H24N2O2. The topological polar surface area (TPSA) is 46.4 Å². The molecule has 0 radical (unpaired) electrons. The lowest BCUT2D eigenvalue weighted by Gasteiger charge is -2.51. The van der Waals surface area contributed by atoms with Crippen molar-refractivity contribution in [2.24, 2.45) is 11.8 Å². The standard InChI is InChI=1S/C28H24N2O2/c31-30(32)20-9-3-7-18(14-20)27-24-13-5-12-23(24)26-22-10-2-1-6-17(22)15-25-21-11-4-8-19(21)16-29(27)28(25)26/h1-7,9-12,14-15,19,21,23-24,27H,8,13,16H2/t19-,21+,23-,24+,27+/m1/s1. The number of nitrogens with zero attached hydrogens (tertiary/aromatic N) is 2. The van der Waals surface area contributed by atoms with Crippen LogP contribution in [0.1, 0.15) is 47.4 Å². The van der Waals surface area contributed by atoms with Crippen LogP contribution >= 0.6 is 0 Å². The molecule has 7 rings (SSSR count). The van der Waals surface area contributed by atoms with Gasteiger partial charge in [0.1, 0.15) is 0 Å². The largest absolute Gasteiger partial charge is 0.363 e. The maximum absolute atomic E-state index is 11.5. The van der Waals surface area contributed by atoms with Gasteiger partial charge in [-0.05, 0) is 58.2 Å². The summed E-state index contributed by atoms with van der Waals surface area (Å²) < 4.78 is 0. The fourth-order valence-electron chi connectivity index (χ4n) is 6.93. The van der Waals surface area contributed by atoms with Gasteiger partial charge in [0.05, 0.1) is 11.0 Å². The lowest BCUT2D eigenvalue weighted by Crippen LogP contribution is -2.46. The molecule has 5 atom stereocenters. The molecule has 3 aromatic rings. The maximum atomic E-state index is 11.5. The third kappa shape index (κ3) is 2.38. The summed E-state index contributed by atoms with van der Waals surface area (Å²) in [4.78, 5) is 13.9. The Bertz CT molecular complexity index is 1340. The summed E-state index contributed by atoms with van der Waals surface area (Å²) in [5.74, 6) is 1.78. The summed E-state index contributed by atoms with van der Waals surface area (Å²) in [5, 5.41) is 14.2. The molecule has 2 aliphatic heterocycles. The number of nitro benzene ring substituents is 1. The van der Waals surface area contributed by atoms with Crippen LogP contribution in [-0.4, -0.2) is 11.5 Å². The highest BCUT2D eigenvalue weighted by Gasteiger charge is 2.48. The fourth-order valence-corrected chi connectivity index (χ4v) is 6.93. The van der Waals surface area contributed by atoms with Crippen LogP contribution in [0.5, 0.6) is 0 Å². The molecule has 0 fully saturated rings. The third-order valence-corrected chi connectivity index (χ3v) is 8.17. The summed E-state index contributed by atoms with van der Waals surface area (Å²) in [6.45, 7) is 1.01. The van der Waals surface area contributed by atoms with Gasteiger partial charge in [-0.3, -0.25) is 10.1 Å². The molecule has 0 spiro atoms. The second kappa shape index (κ2) is 6.55. The van der Waals surface area contributed by atoms with Gasteiger partial charge in [0.25, 0.3) is 5.69 Å². The van der Waals surface area contributed by atoms with E-state index in [2.05, 4.69) is 65.6 Å². The Balaban J connectivity index is 1.52. The molecule has 2 heterocycles. The molecule has 0 amide bonds. The van der Waals surface area contributed by atoms with Gasteiger partial charge < -0.3 is 4.90 Å². The number of fused-ring (bicyclic) bond motifs is 6. The summed E-state index contributed by atoms with van der Waals surface area (Å²) in [6.07, 6.45) is 11.6. The first kappa shape index (κ1) is 18.2. The van der Waals surface area contributed by atoms with Gasteiger partial charge >= 0.3 is 0 Å². The number of nitro groups is 1. The number of hydrogen-bond donors (Lipinski definition) is 0. The molecule has 32 heavy (non-hydrogen) atoms. The Morgan fingerprint density at radius 1 is 0.938 bits per heavy atom. The van der Waals surface area contributed by atoms with Crippen LogP contribution in [-0.2, 0) is 0 Å². The second-order valence-electron chi connectivity index (χ2n) is 9.70. The molecule has 2 aliphatic carbocycles. The summed E-state index contributed by atoms with van der Waals surface area (Å²) in [5.41, 5.74) is 5.56. The number of rotatable bonds is 2. The lowest BCUT2D eigenvalue weighted by molar-refractivity contribution is -0.384. The summed E-state index contributed by atoms with van der Waals surface area (Å²) in [7, 11) is 0. The zero-order chi connectivity index (χ0) is 21.4. The van der Waals surface area contributed by atoms with Gasteiger partial charge in [-0.2, -0.15) is 0 Å². The van der Waals surface area contributed by atoms with Gasteiger partial charge in [0, 0.05) is 36.2 Å². The van der Waals surface area contributed by atoms with Crippen molar-refractivity contribution < 1.29 is 4.92 Å². The van der Waals surface area contributed by atoms with Crippen molar-refractivity contribution in [1.82, 2.24) is 0 Å². The minimum absolute atomic E-state index is 0.156. The molecule has 0 N–H and O–H groups in total. The zero-order valence-electron chi connectivity index (χ0n) is 17.7. The number of benzene rings is 3. The monoisotopic (exact) mass is 420 g/mol.